The molecular weight excluding hydrogens is 295 g/mol. The van der Waals surface area contributed by atoms with Gasteiger partial charge in [0.05, 0.1) is 17.3 Å². The van der Waals surface area contributed by atoms with E-state index in [0.717, 1.165) is 12.8 Å². The first-order valence-corrected chi connectivity index (χ1v) is 7.63. The Morgan fingerprint density at radius 1 is 1.43 bits per heavy atom. The van der Waals surface area contributed by atoms with Crippen molar-refractivity contribution >= 4 is 29.7 Å². The second-order valence-electron chi connectivity index (χ2n) is 6.26. The van der Waals surface area contributed by atoms with E-state index in [1.54, 1.807) is 23.2 Å². The van der Waals surface area contributed by atoms with E-state index in [0.29, 0.717) is 29.6 Å². The first kappa shape index (κ1) is 14.2. The van der Waals surface area contributed by atoms with Crippen LogP contribution >= 0.6 is 0 Å². The molecule has 1 saturated heterocycles. The van der Waals surface area contributed by atoms with Gasteiger partial charge in [0.15, 0.2) is 0 Å². The van der Waals surface area contributed by atoms with Crippen LogP contribution in [0.25, 0.3) is 5.52 Å². The van der Waals surface area contributed by atoms with Crippen molar-refractivity contribution in [1.29, 1.82) is 5.26 Å². The lowest BCUT2D eigenvalue weighted by molar-refractivity contribution is -0.123. The third-order valence-corrected chi connectivity index (χ3v) is 4.93. The number of carbonyl (C=O) groups is 1. The Bertz CT molecular complexity index is 839. The number of hydrogen-bond acceptors (Lipinski definition) is 5. The van der Waals surface area contributed by atoms with Gasteiger partial charge in [0.25, 0.3) is 0 Å². The molecule has 2 fully saturated rings. The Balaban J connectivity index is 1.78. The minimum atomic E-state index is -1.59. The molecule has 4 rings (SSSR count). The zero-order valence-corrected chi connectivity index (χ0v) is 12.4. The van der Waals surface area contributed by atoms with Crippen LogP contribution < -0.4 is 10.4 Å². The topological polar surface area (TPSA) is 102 Å². The molecular formula is C15H15BN4O3. The molecule has 1 atom stereocenters. The maximum Gasteiger partial charge on any atom is 0.490 e. The van der Waals surface area contributed by atoms with Gasteiger partial charge in [-0.3, -0.25) is 4.79 Å². The van der Waals surface area contributed by atoms with Gasteiger partial charge in [-0.2, -0.15) is 10.4 Å². The van der Waals surface area contributed by atoms with Crippen molar-refractivity contribution in [2.45, 2.75) is 19.3 Å². The maximum atomic E-state index is 12.9. The Morgan fingerprint density at radius 3 is 2.87 bits per heavy atom. The average Bonchev–Trinajstić information content (AvgIpc) is 3.20. The van der Waals surface area contributed by atoms with Gasteiger partial charge in [0, 0.05) is 24.4 Å². The molecule has 2 aromatic heterocycles. The highest BCUT2D eigenvalue weighted by Crippen LogP contribution is 2.52. The predicted molar refractivity (Wildman–Crippen MR) is 82.8 cm³/mol. The predicted octanol–water partition coefficient (Wildman–Crippen LogP) is -0.329. The number of rotatable bonds is 3. The van der Waals surface area contributed by atoms with E-state index in [9.17, 15) is 20.1 Å². The molecule has 116 valence electrons. The minimum absolute atomic E-state index is 0.150. The fourth-order valence-corrected chi connectivity index (χ4v) is 3.51. The molecule has 1 saturated carbocycles. The zero-order valence-electron chi connectivity index (χ0n) is 12.4. The molecule has 7 nitrogen and oxygen atoms in total. The molecule has 0 radical (unpaired) electrons. The van der Waals surface area contributed by atoms with Crippen LogP contribution in [-0.4, -0.2) is 39.2 Å². The van der Waals surface area contributed by atoms with E-state index in [1.165, 1.54) is 10.7 Å². The molecule has 2 aromatic rings. The van der Waals surface area contributed by atoms with Crippen molar-refractivity contribution in [3.8, 4) is 6.07 Å². The van der Waals surface area contributed by atoms with E-state index in [-0.39, 0.29) is 11.8 Å². The smallest absolute Gasteiger partial charge is 0.423 e. The monoisotopic (exact) mass is 310 g/mol. The summed E-state index contributed by atoms with van der Waals surface area (Å²) in [6.45, 7) is 0.491. The number of nitriles is 1. The average molecular weight is 310 g/mol. The van der Waals surface area contributed by atoms with E-state index in [2.05, 4.69) is 11.2 Å². The van der Waals surface area contributed by atoms with Crippen LogP contribution in [0.2, 0.25) is 0 Å². The van der Waals surface area contributed by atoms with Crippen LogP contribution in [0.4, 0.5) is 5.69 Å². The fourth-order valence-electron chi connectivity index (χ4n) is 3.51. The Labute approximate surface area is 132 Å². The van der Waals surface area contributed by atoms with Gasteiger partial charge < -0.3 is 14.9 Å². The first-order chi connectivity index (χ1) is 11.1. The molecule has 1 aliphatic carbocycles. The lowest BCUT2D eigenvalue weighted by atomic mass is 9.82. The van der Waals surface area contributed by atoms with Gasteiger partial charge in [0.1, 0.15) is 5.41 Å². The van der Waals surface area contributed by atoms with Crippen molar-refractivity contribution in [2.75, 3.05) is 11.4 Å². The van der Waals surface area contributed by atoms with E-state index >= 15 is 0 Å². The quantitative estimate of drug-likeness (QED) is 0.756. The van der Waals surface area contributed by atoms with Crippen molar-refractivity contribution < 1.29 is 14.8 Å². The molecule has 0 bridgehead atoms. The van der Waals surface area contributed by atoms with Crippen molar-refractivity contribution in [2.24, 2.45) is 11.3 Å². The van der Waals surface area contributed by atoms with Crippen molar-refractivity contribution in [3.05, 3.63) is 24.5 Å². The molecule has 8 heteroatoms. The fraction of sp³-hybridized carbons (Fsp3) is 0.400. The van der Waals surface area contributed by atoms with Gasteiger partial charge >= 0.3 is 7.12 Å². The van der Waals surface area contributed by atoms with E-state index in [4.69, 9.17) is 0 Å². The number of amides is 1. The summed E-state index contributed by atoms with van der Waals surface area (Å²) in [5.41, 5.74) is 0.681. The van der Waals surface area contributed by atoms with Gasteiger partial charge in [-0.15, -0.1) is 0 Å². The zero-order chi connectivity index (χ0) is 16.2. The second-order valence-corrected chi connectivity index (χ2v) is 6.26. The highest BCUT2D eigenvalue weighted by molar-refractivity contribution is 6.58. The summed E-state index contributed by atoms with van der Waals surface area (Å²) >= 11 is 0. The Kier molecular flexibility index (Phi) is 2.98. The van der Waals surface area contributed by atoms with Gasteiger partial charge in [-0.25, -0.2) is 4.52 Å². The van der Waals surface area contributed by atoms with Crippen LogP contribution in [0.15, 0.2) is 24.5 Å². The summed E-state index contributed by atoms with van der Waals surface area (Å²) in [5, 5.41) is 32.4. The van der Waals surface area contributed by atoms with Crippen LogP contribution in [0.1, 0.15) is 19.3 Å². The summed E-state index contributed by atoms with van der Waals surface area (Å²) in [6.07, 6.45) is 5.49. The second kappa shape index (κ2) is 4.81. The van der Waals surface area contributed by atoms with Crippen LogP contribution in [0.5, 0.6) is 0 Å². The third-order valence-electron chi connectivity index (χ3n) is 4.93. The largest absolute Gasteiger partial charge is 0.490 e. The number of carbonyl (C=O) groups excluding carboxylic acids is 1. The first-order valence-electron chi connectivity index (χ1n) is 7.63. The van der Waals surface area contributed by atoms with Crippen LogP contribution in [-0.2, 0) is 4.79 Å². The Hall–Kier alpha value is -2.37. The summed E-state index contributed by atoms with van der Waals surface area (Å²) in [6, 6.07) is 5.59. The summed E-state index contributed by atoms with van der Waals surface area (Å²) in [4.78, 5) is 14.5. The van der Waals surface area contributed by atoms with Gasteiger partial charge in [-0.1, -0.05) is 0 Å². The van der Waals surface area contributed by atoms with E-state index < -0.39 is 12.5 Å². The molecule has 0 aromatic carbocycles. The van der Waals surface area contributed by atoms with Crippen LogP contribution in [0, 0.1) is 22.7 Å². The van der Waals surface area contributed by atoms with Crippen molar-refractivity contribution in [3.63, 3.8) is 0 Å². The number of aromatic nitrogens is 2. The highest BCUT2D eigenvalue weighted by Gasteiger charge is 2.56. The SMILES string of the molecule is N#C[C@@]1(C2CC2)CCN(c2ccnn3cc(B(O)O)cc23)C1=O. The normalized spacial score (nSPS) is 24.2. The molecule has 3 heterocycles. The summed E-state index contributed by atoms with van der Waals surface area (Å²) < 4.78 is 1.51. The number of hydrogen-bond donors (Lipinski definition) is 2. The molecule has 2 aliphatic rings. The molecule has 23 heavy (non-hydrogen) atoms. The van der Waals surface area contributed by atoms with Gasteiger partial charge in [-0.05, 0) is 37.3 Å². The molecule has 0 spiro atoms. The lowest BCUT2D eigenvalue weighted by Crippen LogP contribution is -2.35. The van der Waals surface area contributed by atoms with Crippen molar-refractivity contribution in [1.82, 2.24) is 9.61 Å². The summed E-state index contributed by atoms with van der Waals surface area (Å²) in [5.74, 6) is 0.0207. The maximum absolute atomic E-state index is 12.9. The molecule has 1 aliphatic heterocycles. The minimum Gasteiger partial charge on any atom is -0.423 e. The molecule has 0 unspecified atom stereocenters. The van der Waals surface area contributed by atoms with Crippen LogP contribution in [0.3, 0.4) is 0 Å². The third kappa shape index (κ3) is 1.97. The van der Waals surface area contributed by atoms with Gasteiger partial charge in [0.2, 0.25) is 5.91 Å². The van der Waals surface area contributed by atoms with E-state index in [1.807, 2.05) is 0 Å². The lowest BCUT2D eigenvalue weighted by Gasteiger charge is -2.21. The molecule has 1 amide bonds. The Morgan fingerprint density at radius 2 is 2.22 bits per heavy atom. The number of nitrogens with zero attached hydrogens (tertiary/aromatic N) is 4. The number of anilines is 1. The summed E-state index contributed by atoms with van der Waals surface area (Å²) in [7, 11) is -1.59. The standard InChI is InChI=1S/C15H15BN4O3/c17-9-15(10-1-2-10)4-6-19(14(15)21)12-3-5-18-20-8-11(16(22)23)7-13(12)20/h3,5,7-8,10,22-23H,1-2,4,6H2/t15-/m1/s1. The highest BCUT2D eigenvalue weighted by atomic mass is 16.4. The number of fused-ring (bicyclic) bond motifs is 1. The molecule has 2 N–H and O–H groups in total.